The molecule has 0 nitrogen and oxygen atoms in total. The molecule has 0 aromatic carbocycles. The molecular formula is C22H33. The van der Waals surface area contributed by atoms with Crippen molar-refractivity contribution in [3.63, 3.8) is 0 Å². The third-order valence-corrected chi connectivity index (χ3v) is 2.98. The molecule has 0 atom stereocenters. The quantitative estimate of drug-likeness (QED) is 0.313. The van der Waals surface area contributed by atoms with Gasteiger partial charge in [0.25, 0.3) is 0 Å². The molecule has 0 bridgehead atoms. The van der Waals surface area contributed by atoms with Gasteiger partial charge in [0, 0.05) is 0 Å². The molecule has 22 heavy (non-hydrogen) atoms. The lowest BCUT2D eigenvalue weighted by molar-refractivity contribution is 0.954. The van der Waals surface area contributed by atoms with E-state index < -0.39 is 0 Å². The third kappa shape index (κ3) is 18.4. The second-order valence-corrected chi connectivity index (χ2v) is 5.08. The summed E-state index contributed by atoms with van der Waals surface area (Å²) in [5.41, 5.74) is 0. The lowest BCUT2D eigenvalue weighted by Gasteiger charge is -1.86. The molecule has 0 unspecified atom stereocenters. The Bertz CT molecular complexity index is 375. The molecule has 0 saturated heterocycles. The minimum atomic E-state index is 0.880. The zero-order valence-electron chi connectivity index (χ0n) is 14.3. The minimum absolute atomic E-state index is 0.880. The lowest BCUT2D eigenvalue weighted by Crippen LogP contribution is -1.65. The van der Waals surface area contributed by atoms with E-state index in [4.69, 9.17) is 0 Å². The van der Waals surface area contributed by atoms with Crippen molar-refractivity contribution in [3.05, 3.63) is 79.8 Å². The van der Waals surface area contributed by atoms with E-state index in [0.717, 1.165) is 38.5 Å². The minimum Gasteiger partial charge on any atom is -0.0882 e. The number of hydrogen-bond acceptors (Lipinski definition) is 0. The van der Waals surface area contributed by atoms with Gasteiger partial charge in [-0.05, 0) is 51.9 Å². The van der Waals surface area contributed by atoms with E-state index in [1.54, 1.807) is 0 Å². The van der Waals surface area contributed by atoms with Crippen LogP contribution in [0.2, 0.25) is 0 Å². The van der Waals surface area contributed by atoms with Gasteiger partial charge in [-0.1, -0.05) is 86.3 Å². The average Bonchev–Trinajstić information content (AvgIpc) is 2.54. The summed E-state index contributed by atoms with van der Waals surface area (Å²) in [7, 11) is 0. The van der Waals surface area contributed by atoms with Crippen LogP contribution in [0.25, 0.3) is 0 Å². The molecule has 0 aromatic heterocycles. The zero-order valence-corrected chi connectivity index (χ0v) is 14.3. The summed E-state index contributed by atoms with van der Waals surface area (Å²) in [6.45, 7) is 5.97. The number of unbranched alkanes of at least 4 members (excludes halogenated alkanes) is 1. The number of rotatable bonds is 13. The van der Waals surface area contributed by atoms with Gasteiger partial charge in [0.2, 0.25) is 0 Å². The lowest BCUT2D eigenvalue weighted by atomic mass is 10.2. The van der Waals surface area contributed by atoms with E-state index in [1.807, 2.05) is 0 Å². The highest BCUT2D eigenvalue weighted by Crippen LogP contribution is 1.97. The van der Waals surface area contributed by atoms with E-state index in [0.29, 0.717) is 0 Å². The first-order valence-electron chi connectivity index (χ1n) is 8.61. The second kappa shape index (κ2) is 19.4. The van der Waals surface area contributed by atoms with Gasteiger partial charge in [-0.25, -0.2) is 0 Å². The van der Waals surface area contributed by atoms with Crippen LogP contribution in [-0.4, -0.2) is 0 Å². The number of hydrogen-bond donors (Lipinski definition) is 0. The van der Waals surface area contributed by atoms with Crippen LogP contribution in [0.4, 0.5) is 0 Å². The van der Waals surface area contributed by atoms with Crippen LogP contribution in [-0.2, 0) is 0 Å². The predicted octanol–water partition coefficient (Wildman–Crippen LogP) is 7.30. The molecule has 0 heterocycles. The van der Waals surface area contributed by atoms with Gasteiger partial charge >= 0.3 is 0 Å². The number of allylic oxidation sites excluding steroid dienone is 12. The fourth-order valence-electron chi connectivity index (χ4n) is 1.76. The van der Waals surface area contributed by atoms with Gasteiger partial charge in [-0.3, -0.25) is 0 Å². The molecule has 0 aliphatic heterocycles. The summed E-state index contributed by atoms with van der Waals surface area (Å²) in [6, 6.07) is 0. The molecule has 121 valence electrons. The molecule has 0 aromatic rings. The van der Waals surface area contributed by atoms with E-state index >= 15 is 0 Å². The Labute approximate surface area is 138 Å². The zero-order chi connectivity index (χ0) is 16.1. The van der Waals surface area contributed by atoms with Gasteiger partial charge in [0.15, 0.2) is 0 Å². The Balaban J connectivity index is 3.48. The summed E-state index contributed by atoms with van der Waals surface area (Å²) < 4.78 is 0. The molecule has 0 rings (SSSR count). The Morgan fingerprint density at radius 1 is 0.500 bits per heavy atom. The SMILES string of the molecule is [CH2]C/C=C\C/C=C\C/C=C\C/C=C\C/C=C\C/C=C\CCC. The average molecular weight is 298 g/mol. The Kier molecular flexibility index (Phi) is 18.1. The van der Waals surface area contributed by atoms with E-state index in [9.17, 15) is 0 Å². The van der Waals surface area contributed by atoms with E-state index in [-0.39, 0.29) is 0 Å². The summed E-state index contributed by atoms with van der Waals surface area (Å²) >= 11 is 0. The highest BCUT2D eigenvalue weighted by atomic mass is 13.8. The molecule has 0 amide bonds. The molecule has 0 heteroatoms. The van der Waals surface area contributed by atoms with Crippen molar-refractivity contribution < 1.29 is 0 Å². The molecule has 1 radical (unpaired) electrons. The Morgan fingerprint density at radius 2 is 0.818 bits per heavy atom. The van der Waals surface area contributed by atoms with Gasteiger partial charge in [-0.15, -0.1) is 0 Å². The molecular weight excluding hydrogens is 264 g/mol. The molecule has 0 spiro atoms. The van der Waals surface area contributed by atoms with Crippen LogP contribution in [0.1, 0.15) is 58.3 Å². The summed E-state index contributed by atoms with van der Waals surface area (Å²) in [6.07, 6.45) is 35.0. The van der Waals surface area contributed by atoms with E-state index in [1.165, 1.54) is 12.8 Å². The van der Waals surface area contributed by atoms with Crippen molar-refractivity contribution in [1.29, 1.82) is 0 Å². The van der Waals surface area contributed by atoms with Crippen LogP contribution in [0.15, 0.2) is 72.9 Å². The molecule has 0 N–H and O–H groups in total. The third-order valence-electron chi connectivity index (χ3n) is 2.98. The monoisotopic (exact) mass is 297 g/mol. The highest BCUT2D eigenvalue weighted by Gasteiger charge is 1.76. The van der Waals surface area contributed by atoms with Gasteiger partial charge in [0.05, 0.1) is 0 Å². The van der Waals surface area contributed by atoms with Crippen LogP contribution in [0, 0.1) is 6.92 Å². The van der Waals surface area contributed by atoms with Gasteiger partial charge in [0.1, 0.15) is 0 Å². The van der Waals surface area contributed by atoms with Crippen molar-refractivity contribution in [2.75, 3.05) is 0 Å². The molecule has 0 aliphatic carbocycles. The molecule has 0 aliphatic rings. The smallest absolute Gasteiger partial charge is 0.0169 e. The summed E-state index contributed by atoms with van der Waals surface area (Å²) in [5, 5.41) is 0. The predicted molar refractivity (Wildman–Crippen MR) is 103 cm³/mol. The molecule has 0 fully saturated rings. The standard InChI is InChI=1S/C22H33/c1-3-5-7-9-11-13-15-17-19-21-22-20-18-16-14-12-10-8-6-4-2/h5,7-8,10-11,13-14,16-17,19-20,22H,1,3-4,6,9,12,15,18,21H2,2H3/b7-5-,10-8-,13-11-,16-14-,19-17-,22-20-. The van der Waals surface area contributed by atoms with Crippen LogP contribution in [0.3, 0.4) is 0 Å². The normalized spacial score (nSPS) is 13.4. The van der Waals surface area contributed by atoms with Crippen molar-refractivity contribution in [2.24, 2.45) is 0 Å². The first-order chi connectivity index (χ1) is 10.9. The van der Waals surface area contributed by atoms with E-state index in [2.05, 4.69) is 86.8 Å². The maximum absolute atomic E-state index is 3.76. The summed E-state index contributed by atoms with van der Waals surface area (Å²) in [4.78, 5) is 0. The van der Waals surface area contributed by atoms with Crippen molar-refractivity contribution in [1.82, 2.24) is 0 Å². The van der Waals surface area contributed by atoms with Crippen molar-refractivity contribution in [2.45, 2.75) is 58.3 Å². The Hall–Kier alpha value is -1.56. The largest absolute Gasteiger partial charge is 0.0882 e. The van der Waals surface area contributed by atoms with Gasteiger partial charge < -0.3 is 0 Å². The topological polar surface area (TPSA) is 0 Å². The van der Waals surface area contributed by atoms with Crippen LogP contribution in [0.5, 0.6) is 0 Å². The fourth-order valence-corrected chi connectivity index (χ4v) is 1.76. The summed E-state index contributed by atoms with van der Waals surface area (Å²) in [5.74, 6) is 0. The maximum atomic E-state index is 3.76. The Morgan fingerprint density at radius 3 is 1.14 bits per heavy atom. The first kappa shape index (κ1) is 20.4. The first-order valence-corrected chi connectivity index (χ1v) is 8.61. The second-order valence-electron chi connectivity index (χ2n) is 5.08. The van der Waals surface area contributed by atoms with Crippen LogP contribution >= 0.6 is 0 Å². The highest BCUT2D eigenvalue weighted by molar-refractivity contribution is 5.01. The van der Waals surface area contributed by atoms with Gasteiger partial charge in [-0.2, -0.15) is 0 Å². The van der Waals surface area contributed by atoms with Crippen molar-refractivity contribution >= 4 is 0 Å². The maximum Gasteiger partial charge on any atom is -0.0169 e. The van der Waals surface area contributed by atoms with Crippen molar-refractivity contribution in [3.8, 4) is 0 Å². The van der Waals surface area contributed by atoms with Crippen LogP contribution < -0.4 is 0 Å². The molecule has 0 saturated carbocycles. The fraction of sp³-hybridized carbons (Fsp3) is 0.409.